The van der Waals surface area contributed by atoms with Crippen molar-refractivity contribution in [2.75, 3.05) is 14.1 Å². The molecule has 0 saturated carbocycles. The first kappa shape index (κ1) is 12.5. The van der Waals surface area contributed by atoms with Crippen LogP contribution in [0.15, 0.2) is 12.3 Å². The third kappa shape index (κ3) is 3.81. The summed E-state index contributed by atoms with van der Waals surface area (Å²) in [5.74, 6) is 0. The van der Waals surface area contributed by atoms with Crippen LogP contribution in [0.2, 0.25) is 0 Å². The molecular weight excluding hydrogens is 190 g/mol. The van der Waals surface area contributed by atoms with Gasteiger partial charge in [0.05, 0.1) is 0 Å². The summed E-state index contributed by atoms with van der Waals surface area (Å²) < 4.78 is 5.57. The number of hydrogen-bond acceptors (Lipinski definition) is 4. The maximum atomic E-state index is 5.57. The molecule has 0 aliphatic carbocycles. The molecule has 1 saturated heterocycles. The maximum absolute atomic E-state index is 5.57. The van der Waals surface area contributed by atoms with Crippen molar-refractivity contribution in [1.29, 1.82) is 0 Å². The third-order valence-electron chi connectivity index (χ3n) is 2.79. The van der Waals surface area contributed by atoms with Crippen LogP contribution in [0.3, 0.4) is 0 Å². The summed E-state index contributed by atoms with van der Waals surface area (Å²) in [7, 11) is 3.78. The SMILES string of the molecule is CN/C=C\CCC(C)(C)C1OC1NNC. The van der Waals surface area contributed by atoms with E-state index in [2.05, 4.69) is 36.1 Å². The van der Waals surface area contributed by atoms with Crippen molar-refractivity contribution in [1.82, 2.24) is 16.2 Å². The van der Waals surface area contributed by atoms with Crippen LogP contribution in [0.1, 0.15) is 26.7 Å². The number of ether oxygens (including phenoxy) is 1. The molecule has 0 bridgehead atoms. The highest BCUT2D eigenvalue weighted by molar-refractivity contribution is 4.95. The van der Waals surface area contributed by atoms with Gasteiger partial charge in [0.25, 0.3) is 0 Å². The van der Waals surface area contributed by atoms with Gasteiger partial charge in [0.2, 0.25) is 0 Å². The fourth-order valence-corrected chi connectivity index (χ4v) is 1.76. The molecule has 2 unspecified atom stereocenters. The molecule has 4 heteroatoms. The molecule has 0 aromatic rings. The van der Waals surface area contributed by atoms with Gasteiger partial charge in [0.1, 0.15) is 12.3 Å². The highest BCUT2D eigenvalue weighted by Crippen LogP contribution is 2.40. The van der Waals surface area contributed by atoms with E-state index in [1.54, 1.807) is 0 Å². The van der Waals surface area contributed by atoms with E-state index >= 15 is 0 Å². The zero-order chi connectivity index (χ0) is 11.3. The number of hydrogen-bond donors (Lipinski definition) is 3. The van der Waals surface area contributed by atoms with E-state index in [-0.39, 0.29) is 11.6 Å². The van der Waals surface area contributed by atoms with Crippen molar-refractivity contribution in [2.24, 2.45) is 5.41 Å². The van der Waals surface area contributed by atoms with Gasteiger partial charge in [-0.05, 0) is 31.5 Å². The van der Waals surface area contributed by atoms with Crippen molar-refractivity contribution >= 4 is 0 Å². The highest BCUT2D eigenvalue weighted by atomic mass is 16.6. The first-order valence-corrected chi connectivity index (χ1v) is 5.52. The average molecular weight is 213 g/mol. The maximum Gasteiger partial charge on any atom is 0.148 e. The van der Waals surface area contributed by atoms with Gasteiger partial charge in [0.15, 0.2) is 0 Å². The Balaban J connectivity index is 2.24. The van der Waals surface area contributed by atoms with Crippen LogP contribution in [0, 0.1) is 5.41 Å². The largest absolute Gasteiger partial charge is 0.394 e. The monoisotopic (exact) mass is 213 g/mol. The Kier molecular flexibility index (Phi) is 4.57. The Morgan fingerprint density at radius 2 is 2.07 bits per heavy atom. The molecule has 0 aromatic carbocycles. The Morgan fingerprint density at radius 3 is 2.67 bits per heavy atom. The highest BCUT2D eigenvalue weighted by Gasteiger charge is 2.48. The Hall–Kier alpha value is -0.580. The molecule has 1 fully saturated rings. The molecule has 15 heavy (non-hydrogen) atoms. The molecule has 0 aromatic heterocycles. The van der Waals surface area contributed by atoms with E-state index in [9.17, 15) is 0 Å². The van der Waals surface area contributed by atoms with Crippen LogP contribution in [-0.4, -0.2) is 26.4 Å². The molecular formula is C11H23N3O. The average Bonchev–Trinajstić information content (AvgIpc) is 2.93. The van der Waals surface area contributed by atoms with Gasteiger partial charge in [-0.1, -0.05) is 19.9 Å². The van der Waals surface area contributed by atoms with Gasteiger partial charge in [-0.15, -0.1) is 0 Å². The molecule has 1 aliphatic rings. The van der Waals surface area contributed by atoms with Crippen LogP contribution >= 0.6 is 0 Å². The second kappa shape index (κ2) is 5.49. The third-order valence-corrected chi connectivity index (χ3v) is 2.79. The Bertz CT molecular complexity index is 216. The second-order valence-electron chi connectivity index (χ2n) is 4.59. The minimum Gasteiger partial charge on any atom is -0.394 e. The summed E-state index contributed by atoms with van der Waals surface area (Å²) in [6.45, 7) is 4.50. The van der Waals surface area contributed by atoms with Crippen LogP contribution in [0.25, 0.3) is 0 Å². The molecule has 0 amide bonds. The van der Waals surface area contributed by atoms with Gasteiger partial charge in [-0.25, -0.2) is 5.43 Å². The molecule has 1 rings (SSSR count). The Labute approximate surface area is 92.4 Å². The first-order chi connectivity index (χ1) is 7.11. The van der Waals surface area contributed by atoms with E-state index in [4.69, 9.17) is 4.74 Å². The summed E-state index contributed by atoms with van der Waals surface area (Å²) in [6.07, 6.45) is 6.86. The first-order valence-electron chi connectivity index (χ1n) is 5.52. The summed E-state index contributed by atoms with van der Waals surface area (Å²) in [5.41, 5.74) is 6.21. The molecule has 88 valence electrons. The van der Waals surface area contributed by atoms with E-state index in [1.807, 2.05) is 20.3 Å². The molecule has 3 N–H and O–H groups in total. The lowest BCUT2D eigenvalue weighted by Crippen LogP contribution is -2.35. The standard InChI is InChI=1S/C11H23N3O/c1-11(2,7-5-6-8-12-3)9-10(15-9)14-13-4/h6,8-10,12-14H,5,7H2,1-4H3/b8-6-. The molecule has 0 radical (unpaired) electrons. The fourth-order valence-electron chi connectivity index (χ4n) is 1.76. The van der Waals surface area contributed by atoms with Crippen molar-refractivity contribution in [2.45, 2.75) is 39.0 Å². The zero-order valence-electron chi connectivity index (χ0n) is 10.1. The van der Waals surface area contributed by atoms with Crippen molar-refractivity contribution in [3.05, 3.63) is 12.3 Å². The summed E-state index contributed by atoms with van der Waals surface area (Å²) in [5, 5.41) is 2.99. The van der Waals surface area contributed by atoms with Crippen molar-refractivity contribution in [3.63, 3.8) is 0 Å². The summed E-state index contributed by atoms with van der Waals surface area (Å²) in [6, 6.07) is 0. The number of nitrogens with one attached hydrogen (secondary N) is 3. The second-order valence-corrected chi connectivity index (χ2v) is 4.59. The quantitative estimate of drug-likeness (QED) is 0.436. The van der Waals surface area contributed by atoms with Gasteiger partial charge in [-0.3, -0.25) is 5.43 Å². The molecule has 1 aliphatic heterocycles. The minimum absolute atomic E-state index is 0.179. The Morgan fingerprint density at radius 1 is 1.33 bits per heavy atom. The molecule has 4 nitrogen and oxygen atoms in total. The van der Waals surface area contributed by atoms with E-state index in [0.29, 0.717) is 6.10 Å². The van der Waals surface area contributed by atoms with Crippen LogP contribution in [-0.2, 0) is 4.74 Å². The topological polar surface area (TPSA) is 48.6 Å². The number of allylic oxidation sites excluding steroid dienone is 1. The minimum atomic E-state index is 0.179. The van der Waals surface area contributed by atoms with Crippen LogP contribution in [0.5, 0.6) is 0 Å². The smallest absolute Gasteiger partial charge is 0.148 e. The molecule has 1 heterocycles. The van der Waals surface area contributed by atoms with Crippen molar-refractivity contribution in [3.8, 4) is 0 Å². The number of epoxide rings is 1. The summed E-state index contributed by atoms with van der Waals surface area (Å²) >= 11 is 0. The van der Waals surface area contributed by atoms with Crippen LogP contribution in [0.4, 0.5) is 0 Å². The lowest BCUT2D eigenvalue weighted by Gasteiger charge is -2.21. The van der Waals surface area contributed by atoms with Crippen molar-refractivity contribution < 1.29 is 4.74 Å². The molecule has 0 spiro atoms. The van der Waals surface area contributed by atoms with Gasteiger partial charge in [-0.2, -0.15) is 0 Å². The summed E-state index contributed by atoms with van der Waals surface area (Å²) in [4.78, 5) is 0. The van der Waals surface area contributed by atoms with Gasteiger partial charge >= 0.3 is 0 Å². The van der Waals surface area contributed by atoms with Gasteiger partial charge < -0.3 is 10.1 Å². The predicted octanol–water partition coefficient (Wildman–Crippen LogP) is 0.975. The fraction of sp³-hybridized carbons (Fsp3) is 0.818. The normalized spacial score (nSPS) is 25.9. The van der Waals surface area contributed by atoms with E-state index in [0.717, 1.165) is 12.8 Å². The number of hydrazine groups is 1. The predicted molar refractivity (Wildman–Crippen MR) is 62.1 cm³/mol. The lowest BCUT2D eigenvalue weighted by molar-refractivity contribution is 0.224. The molecule has 2 atom stereocenters. The lowest BCUT2D eigenvalue weighted by atomic mass is 9.84. The van der Waals surface area contributed by atoms with Gasteiger partial charge in [0, 0.05) is 7.05 Å². The van der Waals surface area contributed by atoms with E-state index in [1.165, 1.54) is 0 Å². The van der Waals surface area contributed by atoms with Crippen LogP contribution < -0.4 is 16.2 Å². The zero-order valence-corrected chi connectivity index (χ0v) is 10.1. The number of rotatable bonds is 7. The van der Waals surface area contributed by atoms with E-state index < -0.39 is 0 Å².